The van der Waals surface area contributed by atoms with Gasteiger partial charge >= 0.3 is 0 Å². The lowest BCUT2D eigenvalue weighted by Crippen LogP contribution is -2.31. The largest absolute Gasteiger partial charge is 0.347 e. The first-order chi connectivity index (χ1) is 19.2. The molecule has 0 spiro atoms. The highest BCUT2D eigenvalue weighted by molar-refractivity contribution is 7.99. The number of hydrogen-bond acceptors (Lipinski definition) is 3. The van der Waals surface area contributed by atoms with Crippen LogP contribution in [0.15, 0.2) is 172 Å². The van der Waals surface area contributed by atoms with Crippen LogP contribution in [0.5, 0.6) is 0 Å². The molecular weight excluding hydrogens is 492 g/mol. The van der Waals surface area contributed by atoms with Crippen LogP contribution in [0.2, 0.25) is 0 Å². The topological polar surface area (TPSA) is 6.48 Å². The number of allylic oxidation sites excluding steroid dienone is 15. The molecule has 0 amide bonds. The van der Waals surface area contributed by atoms with E-state index in [9.17, 15) is 0 Å². The monoisotopic (exact) mass is 520 g/mol. The average Bonchev–Trinajstić information content (AvgIpc) is 3.25. The number of fused-ring (bicyclic) bond motifs is 5. The molecule has 0 N–H and O–H groups in total. The van der Waals surface area contributed by atoms with E-state index in [1.165, 1.54) is 43.7 Å². The van der Waals surface area contributed by atoms with Crippen LogP contribution in [-0.2, 0) is 0 Å². The van der Waals surface area contributed by atoms with Crippen LogP contribution in [0.4, 0.5) is 11.4 Å². The lowest BCUT2D eigenvalue weighted by molar-refractivity contribution is 0.451. The lowest BCUT2D eigenvalue weighted by atomic mass is 9.73. The van der Waals surface area contributed by atoms with Gasteiger partial charge in [0.2, 0.25) is 0 Å². The molecule has 2 aliphatic heterocycles. The van der Waals surface area contributed by atoms with Gasteiger partial charge < -0.3 is 9.80 Å². The third-order valence-electron chi connectivity index (χ3n) is 7.82. The minimum atomic E-state index is 0.209. The highest BCUT2D eigenvalue weighted by atomic mass is 32.2. The fourth-order valence-electron chi connectivity index (χ4n) is 5.94. The molecule has 2 aromatic rings. The van der Waals surface area contributed by atoms with Gasteiger partial charge in [-0.15, -0.1) is 5.73 Å². The van der Waals surface area contributed by atoms with Crippen molar-refractivity contribution < 1.29 is 0 Å². The Morgan fingerprint density at radius 2 is 1.74 bits per heavy atom. The summed E-state index contributed by atoms with van der Waals surface area (Å²) in [6.07, 6.45) is 30.1. The van der Waals surface area contributed by atoms with Gasteiger partial charge in [0.25, 0.3) is 0 Å². The van der Waals surface area contributed by atoms with Crippen LogP contribution in [0.3, 0.4) is 0 Å². The van der Waals surface area contributed by atoms with Gasteiger partial charge in [0.05, 0.1) is 17.1 Å². The minimum absolute atomic E-state index is 0.209. The van der Waals surface area contributed by atoms with Gasteiger partial charge in [0.1, 0.15) is 0 Å². The summed E-state index contributed by atoms with van der Waals surface area (Å²) in [6, 6.07) is 15.5. The van der Waals surface area contributed by atoms with E-state index in [2.05, 4.69) is 145 Å². The Morgan fingerprint density at radius 3 is 2.69 bits per heavy atom. The van der Waals surface area contributed by atoms with Gasteiger partial charge in [-0.2, -0.15) is 0 Å². The van der Waals surface area contributed by atoms with E-state index in [4.69, 9.17) is 0 Å². The number of para-hydroxylation sites is 1. The highest BCUT2D eigenvalue weighted by Crippen LogP contribution is 2.51. The second-order valence-corrected chi connectivity index (χ2v) is 11.2. The predicted octanol–water partition coefficient (Wildman–Crippen LogP) is 9.04. The van der Waals surface area contributed by atoms with Gasteiger partial charge in [-0.3, -0.25) is 0 Å². The number of hydrogen-bond donors (Lipinski definition) is 0. The van der Waals surface area contributed by atoms with E-state index in [-0.39, 0.29) is 5.92 Å². The molecule has 2 aromatic carbocycles. The lowest BCUT2D eigenvalue weighted by Gasteiger charge is -2.39. The Bertz CT molecular complexity index is 1710. The standard InChI is InChI=1S/C36H28N2S/c1-25-12-11-18-30(37(2)33-23-20-26-13-7-8-16-29(26)36(25)33)27-21-22-32-35(24-27)39-34-19-10-9-17-31(34)38(32)28-14-5-3-4-6-15-28/h3-5,7-24,29,36H,1H2,2H3/b12-11-,30-18-. The summed E-state index contributed by atoms with van der Waals surface area (Å²) in [5.74, 6) is 0.516. The van der Waals surface area contributed by atoms with Crippen molar-refractivity contribution in [1.29, 1.82) is 0 Å². The molecule has 0 saturated heterocycles. The Labute approximate surface area is 234 Å². The third-order valence-corrected chi connectivity index (χ3v) is 8.93. The second-order valence-electron chi connectivity index (χ2n) is 10.1. The maximum Gasteiger partial charge on any atom is 0.0602 e. The third kappa shape index (κ3) is 4.08. The highest BCUT2D eigenvalue weighted by Gasteiger charge is 2.34. The normalized spacial score (nSPS) is 24.6. The Morgan fingerprint density at radius 1 is 0.846 bits per heavy atom. The van der Waals surface area contributed by atoms with Gasteiger partial charge in [-0.1, -0.05) is 91.2 Å². The molecule has 2 nitrogen and oxygen atoms in total. The molecule has 0 radical (unpaired) electrons. The average molecular weight is 521 g/mol. The molecule has 188 valence electrons. The summed E-state index contributed by atoms with van der Waals surface area (Å²) in [7, 11) is 2.19. The number of rotatable bonds is 2. The molecule has 0 bridgehead atoms. The maximum atomic E-state index is 4.46. The quantitative estimate of drug-likeness (QED) is 0.365. The molecule has 0 aromatic heterocycles. The molecule has 2 heterocycles. The summed E-state index contributed by atoms with van der Waals surface area (Å²) in [4.78, 5) is 7.18. The number of benzene rings is 2. The van der Waals surface area contributed by atoms with Crippen LogP contribution < -0.4 is 4.90 Å². The van der Waals surface area contributed by atoms with Gasteiger partial charge in [0.15, 0.2) is 0 Å². The zero-order valence-electron chi connectivity index (χ0n) is 21.8. The summed E-state index contributed by atoms with van der Waals surface area (Å²) >= 11 is 1.83. The fraction of sp³-hybridized carbons (Fsp3) is 0.0833. The second kappa shape index (κ2) is 9.71. The maximum absolute atomic E-state index is 4.46. The first kappa shape index (κ1) is 23.7. The fourth-order valence-corrected chi connectivity index (χ4v) is 7.04. The van der Waals surface area contributed by atoms with Crippen molar-refractivity contribution in [3.8, 4) is 0 Å². The molecular formula is C36H28N2S. The summed E-state index contributed by atoms with van der Waals surface area (Å²) in [5, 5.41) is 0. The first-order valence-electron chi connectivity index (χ1n) is 13.3. The van der Waals surface area contributed by atoms with Crippen LogP contribution >= 0.6 is 11.8 Å². The van der Waals surface area contributed by atoms with Crippen molar-refractivity contribution in [1.82, 2.24) is 4.90 Å². The van der Waals surface area contributed by atoms with Gasteiger partial charge in [-0.05, 0) is 65.3 Å². The van der Waals surface area contributed by atoms with Crippen LogP contribution in [0.1, 0.15) is 5.56 Å². The van der Waals surface area contributed by atoms with Crippen LogP contribution in [-0.4, -0.2) is 11.9 Å². The van der Waals surface area contributed by atoms with E-state index >= 15 is 0 Å². The van der Waals surface area contributed by atoms with Crippen LogP contribution in [0, 0.1) is 11.8 Å². The van der Waals surface area contributed by atoms with E-state index in [0.717, 1.165) is 11.3 Å². The SMILES string of the molecule is C=C1/C=C\C=C(\c2ccc3c(c2)Sc2ccccc2N3C2=CC=CC=C=C2)N(C)C2=CC=C3C=CC=CC3C12. The Balaban J connectivity index is 1.32. The molecule has 39 heavy (non-hydrogen) atoms. The van der Waals surface area contributed by atoms with Crippen LogP contribution in [0.25, 0.3) is 5.70 Å². The zero-order chi connectivity index (χ0) is 26.3. The predicted molar refractivity (Wildman–Crippen MR) is 164 cm³/mol. The van der Waals surface area contributed by atoms with Crippen molar-refractivity contribution in [3.05, 3.63) is 168 Å². The smallest absolute Gasteiger partial charge is 0.0602 e. The minimum Gasteiger partial charge on any atom is -0.347 e. The molecule has 2 atom stereocenters. The Hall–Kier alpha value is -4.43. The van der Waals surface area contributed by atoms with Crippen molar-refractivity contribution >= 4 is 28.8 Å². The summed E-state index contributed by atoms with van der Waals surface area (Å²) in [5.41, 5.74) is 12.9. The van der Waals surface area contributed by atoms with E-state index in [1.807, 2.05) is 23.9 Å². The first-order valence-corrected chi connectivity index (χ1v) is 14.1. The van der Waals surface area contributed by atoms with E-state index in [0.29, 0.717) is 5.92 Å². The molecule has 5 aliphatic rings. The molecule has 7 rings (SSSR count). The van der Waals surface area contributed by atoms with E-state index < -0.39 is 0 Å². The van der Waals surface area contributed by atoms with Crippen molar-refractivity contribution in [2.45, 2.75) is 9.79 Å². The van der Waals surface area contributed by atoms with Gasteiger partial charge in [-0.25, -0.2) is 0 Å². The zero-order valence-corrected chi connectivity index (χ0v) is 22.6. The number of nitrogens with zero attached hydrogens (tertiary/aromatic N) is 2. The van der Waals surface area contributed by atoms with Crippen molar-refractivity contribution in [2.75, 3.05) is 11.9 Å². The van der Waals surface area contributed by atoms with Crippen molar-refractivity contribution in [3.63, 3.8) is 0 Å². The Kier molecular flexibility index (Phi) is 5.89. The van der Waals surface area contributed by atoms with E-state index in [1.54, 1.807) is 0 Å². The number of anilines is 2. The molecule has 2 unspecified atom stereocenters. The molecule has 0 fully saturated rings. The van der Waals surface area contributed by atoms with Gasteiger partial charge in [0, 0.05) is 46.1 Å². The van der Waals surface area contributed by atoms with Crippen molar-refractivity contribution in [2.24, 2.45) is 11.8 Å². The summed E-state index contributed by atoms with van der Waals surface area (Å²) < 4.78 is 0. The molecule has 3 aliphatic carbocycles. The molecule has 0 saturated carbocycles. The summed E-state index contributed by atoms with van der Waals surface area (Å²) in [6.45, 7) is 4.46. The molecule has 3 heteroatoms.